The van der Waals surface area contributed by atoms with Gasteiger partial charge in [-0.2, -0.15) is 0 Å². The minimum Gasteiger partial charge on any atom is -0.481 e. The van der Waals surface area contributed by atoms with Gasteiger partial charge in [-0.3, -0.25) is 33.8 Å². The highest BCUT2D eigenvalue weighted by Crippen LogP contribution is 2.11. The van der Waals surface area contributed by atoms with E-state index in [1.165, 1.54) is 0 Å². The summed E-state index contributed by atoms with van der Waals surface area (Å²) >= 11 is 0.858. The molecule has 41 heavy (non-hydrogen) atoms. The molecule has 1 fully saturated rings. The quantitative estimate of drug-likeness (QED) is 0.0704. The van der Waals surface area contributed by atoms with Crippen LogP contribution in [0.2, 0.25) is 0 Å². The molecule has 230 valence electrons. The lowest BCUT2D eigenvalue weighted by Crippen LogP contribution is -2.57. The number of carboxylic acid groups (broad SMARTS) is 2. The summed E-state index contributed by atoms with van der Waals surface area (Å²) in [4.78, 5) is 90.7. The molecular formula is C23H38N8O9S. The first-order chi connectivity index (χ1) is 19.2. The summed E-state index contributed by atoms with van der Waals surface area (Å²) in [6.07, 6.45) is -0.0375. The van der Waals surface area contributed by atoms with Crippen molar-refractivity contribution in [3.05, 3.63) is 0 Å². The molecule has 5 amide bonds. The number of aliphatic carboxylic acids is 2. The van der Waals surface area contributed by atoms with Crippen molar-refractivity contribution in [3.63, 3.8) is 0 Å². The highest BCUT2D eigenvalue weighted by atomic mass is 32.2. The molecule has 1 aliphatic rings. The van der Waals surface area contributed by atoms with E-state index in [1.807, 2.05) is 0 Å². The van der Waals surface area contributed by atoms with Gasteiger partial charge in [-0.15, -0.1) is 11.8 Å². The Labute approximate surface area is 240 Å². The Morgan fingerprint density at radius 1 is 0.976 bits per heavy atom. The number of rotatable bonds is 9. The molecule has 0 radical (unpaired) electrons. The minimum absolute atomic E-state index is 0.0631. The zero-order valence-electron chi connectivity index (χ0n) is 22.8. The van der Waals surface area contributed by atoms with Crippen LogP contribution in [0.4, 0.5) is 0 Å². The summed E-state index contributed by atoms with van der Waals surface area (Å²) in [7, 11) is 0. The van der Waals surface area contributed by atoms with Crippen molar-refractivity contribution < 1.29 is 43.8 Å². The molecule has 1 aliphatic heterocycles. The second kappa shape index (κ2) is 17.6. The van der Waals surface area contributed by atoms with Crippen LogP contribution in [-0.4, -0.2) is 106 Å². The molecule has 11 N–H and O–H groups in total. The molecule has 1 rings (SSSR count). The summed E-state index contributed by atoms with van der Waals surface area (Å²) in [5.41, 5.74) is 10.6. The lowest BCUT2D eigenvalue weighted by molar-refractivity contribution is -0.143. The summed E-state index contributed by atoms with van der Waals surface area (Å²) < 4.78 is 0. The van der Waals surface area contributed by atoms with Crippen LogP contribution in [0.15, 0.2) is 4.99 Å². The standard InChI is InChI=1S/C23H38N8O9S/c1-3-11(2)18-21(38)29-12(5-4-6-26-23(24)25)19(36)27-8-15(32)28-13(7-17(34)35)20(37)30-14(22(39)40)9-41-10-16(33)31-18/h11-14,18H,3-10H2,1-2H3,(H,27,36)(H,28,32)(H,29,38)(H,30,37)(H,31,33)(H,34,35)(H,39,40)(H4,24,25,26)/t11-,12+,13+,14+,18-/m1/s1. The van der Waals surface area contributed by atoms with Crippen molar-refractivity contribution in [1.29, 1.82) is 0 Å². The van der Waals surface area contributed by atoms with E-state index < -0.39 is 78.6 Å². The van der Waals surface area contributed by atoms with Gasteiger partial charge < -0.3 is 48.3 Å². The first-order valence-electron chi connectivity index (χ1n) is 12.8. The van der Waals surface area contributed by atoms with Gasteiger partial charge >= 0.3 is 11.9 Å². The van der Waals surface area contributed by atoms with Crippen LogP contribution in [0.3, 0.4) is 0 Å². The molecule has 0 unspecified atom stereocenters. The van der Waals surface area contributed by atoms with Gasteiger partial charge in [0.15, 0.2) is 5.96 Å². The Bertz CT molecular complexity index is 1020. The van der Waals surface area contributed by atoms with Gasteiger partial charge in [0.05, 0.1) is 18.7 Å². The van der Waals surface area contributed by atoms with Crippen molar-refractivity contribution in [2.24, 2.45) is 22.4 Å². The second-order valence-electron chi connectivity index (χ2n) is 9.29. The molecule has 1 saturated heterocycles. The van der Waals surface area contributed by atoms with Gasteiger partial charge in [0.2, 0.25) is 29.5 Å². The molecule has 17 nitrogen and oxygen atoms in total. The van der Waals surface area contributed by atoms with Gasteiger partial charge in [0, 0.05) is 12.3 Å². The smallest absolute Gasteiger partial charge is 0.327 e. The van der Waals surface area contributed by atoms with Crippen LogP contribution in [-0.2, 0) is 33.6 Å². The Morgan fingerprint density at radius 2 is 1.66 bits per heavy atom. The first-order valence-corrected chi connectivity index (χ1v) is 13.9. The third kappa shape index (κ3) is 13.2. The predicted octanol–water partition coefficient (Wildman–Crippen LogP) is -3.55. The lowest BCUT2D eigenvalue weighted by Gasteiger charge is -2.27. The monoisotopic (exact) mass is 602 g/mol. The van der Waals surface area contributed by atoms with Crippen LogP contribution in [0.25, 0.3) is 0 Å². The van der Waals surface area contributed by atoms with Crippen LogP contribution >= 0.6 is 11.8 Å². The number of aliphatic imine (C=N–C) groups is 1. The van der Waals surface area contributed by atoms with Crippen LogP contribution in [0.1, 0.15) is 39.5 Å². The normalized spacial score (nSPS) is 24.2. The molecular weight excluding hydrogens is 564 g/mol. The van der Waals surface area contributed by atoms with Gasteiger partial charge in [0.25, 0.3) is 0 Å². The zero-order valence-corrected chi connectivity index (χ0v) is 23.6. The number of nitrogens with one attached hydrogen (secondary N) is 5. The molecule has 18 heteroatoms. The lowest BCUT2D eigenvalue weighted by atomic mass is 9.97. The van der Waals surface area contributed by atoms with Crippen molar-refractivity contribution in [2.75, 3.05) is 24.6 Å². The van der Waals surface area contributed by atoms with Gasteiger partial charge in [-0.1, -0.05) is 20.3 Å². The topological polar surface area (TPSA) is 284 Å². The maximum Gasteiger partial charge on any atom is 0.327 e. The number of nitrogens with zero attached hydrogens (tertiary/aromatic N) is 1. The van der Waals surface area contributed by atoms with Gasteiger partial charge in [0.1, 0.15) is 24.2 Å². The van der Waals surface area contributed by atoms with Crippen molar-refractivity contribution in [1.82, 2.24) is 26.6 Å². The fourth-order valence-electron chi connectivity index (χ4n) is 3.59. The molecule has 1 heterocycles. The molecule has 5 atom stereocenters. The number of thioether (sulfide) groups is 1. The molecule has 0 aliphatic carbocycles. The Balaban J connectivity index is 3.28. The van der Waals surface area contributed by atoms with E-state index in [2.05, 4.69) is 31.6 Å². The number of carbonyl (C=O) groups excluding carboxylic acids is 5. The van der Waals surface area contributed by atoms with E-state index >= 15 is 0 Å². The maximum absolute atomic E-state index is 13.2. The third-order valence-corrected chi connectivity index (χ3v) is 7.01. The number of amides is 5. The molecule has 0 spiro atoms. The molecule has 0 aromatic heterocycles. The highest BCUT2D eigenvalue weighted by molar-refractivity contribution is 8.00. The number of hydrogen-bond acceptors (Lipinski definition) is 9. The Kier molecular flexibility index (Phi) is 15.0. The van der Waals surface area contributed by atoms with E-state index in [0.29, 0.717) is 6.42 Å². The average molecular weight is 603 g/mol. The number of carboxylic acids is 2. The van der Waals surface area contributed by atoms with Gasteiger partial charge in [-0.05, 0) is 18.8 Å². The number of guanidine groups is 1. The summed E-state index contributed by atoms with van der Waals surface area (Å²) in [6, 6.07) is -5.36. The Hall–Kier alpha value is -4.09. The number of carbonyl (C=O) groups is 7. The largest absolute Gasteiger partial charge is 0.481 e. The van der Waals surface area contributed by atoms with Crippen LogP contribution < -0.4 is 38.1 Å². The number of nitrogens with two attached hydrogens (primary N) is 2. The maximum atomic E-state index is 13.2. The van der Waals surface area contributed by atoms with Crippen molar-refractivity contribution >= 4 is 59.2 Å². The minimum atomic E-state index is -1.66. The molecule has 0 aromatic rings. The van der Waals surface area contributed by atoms with E-state index in [9.17, 15) is 38.7 Å². The SMILES string of the molecule is CC[C@@H](C)[C@H]1NC(=O)CSC[C@@H](C(=O)O)NC(=O)[C@H](CC(=O)O)NC(=O)CNC(=O)[C@H](CCCN=C(N)N)NC1=O. The van der Waals surface area contributed by atoms with Crippen molar-refractivity contribution in [2.45, 2.75) is 63.7 Å². The van der Waals surface area contributed by atoms with Crippen molar-refractivity contribution in [3.8, 4) is 0 Å². The fourth-order valence-corrected chi connectivity index (χ4v) is 4.44. The number of hydrogen-bond donors (Lipinski definition) is 9. The summed E-state index contributed by atoms with van der Waals surface area (Å²) in [5.74, 6) is -7.95. The third-order valence-electron chi connectivity index (χ3n) is 5.98. The van der Waals surface area contributed by atoms with E-state index in [0.717, 1.165) is 11.8 Å². The van der Waals surface area contributed by atoms with E-state index in [4.69, 9.17) is 16.6 Å². The van der Waals surface area contributed by atoms with Crippen LogP contribution in [0.5, 0.6) is 0 Å². The Morgan fingerprint density at radius 3 is 2.24 bits per heavy atom. The molecule has 0 aromatic carbocycles. The summed E-state index contributed by atoms with van der Waals surface area (Å²) in [6.45, 7) is 2.99. The first kappa shape index (κ1) is 34.9. The fraction of sp³-hybridized carbons (Fsp3) is 0.652. The molecule has 0 saturated carbocycles. The predicted molar refractivity (Wildman–Crippen MR) is 147 cm³/mol. The second-order valence-corrected chi connectivity index (χ2v) is 10.3. The summed E-state index contributed by atoms with van der Waals surface area (Å²) in [5, 5.41) is 30.5. The van der Waals surface area contributed by atoms with Gasteiger partial charge in [-0.25, -0.2) is 4.79 Å². The van der Waals surface area contributed by atoms with E-state index in [1.54, 1.807) is 13.8 Å². The van der Waals surface area contributed by atoms with Crippen LogP contribution in [0, 0.1) is 5.92 Å². The average Bonchev–Trinajstić information content (AvgIpc) is 2.89. The highest BCUT2D eigenvalue weighted by Gasteiger charge is 2.32. The van der Waals surface area contributed by atoms with E-state index in [-0.39, 0.29) is 42.8 Å². The zero-order chi connectivity index (χ0) is 31.1. The molecule has 0 bridgehead atoms.